The van der Waals surface area contributed by atoms with E-state index < -0.39 is 0 Å². The molecule has 2 aromatic heterocycles. The Hall–Kier alpha value is -3.09. The lowest BCUT2D eigenvalue weighted by atomic mass is 10.1. The van der Waals surface area contributed by atoms with Crippen molar-refractivity contribution < 1.29 is 9.32 Å². The van der Waals surface area contributed by atoms with Crippen LogP contribution in [0.1, 0.15) is 22.6 Å². The summed E-state index contributed by atoms with van der Waals surface area (Å²) in [6, 6.07) is 10.0. The monoisotopic (exact) mass is 353 g/mol. The number of benzene rings is 1. The molecular formula is C19H23N5O2. The summed E-state index contributed by atoms with van der Waals surface area (Å²) in [4.78, 5) is 14.4. The Morgan fingerprint density at radius 3 is 2.54 bits per heavy atom. The second-order valence-electron chi connectivity index (χ2n) is 6.46. The molecule has 0 aliphatic carbocycles. The van der Waals surface area contributed by atoms with Crippen molar-refractivity contribution in [3.63, 3.8) is 0 Å². The smallest absolute Gasteiger partial charge is 0.230 e. The fourth-order valence-electron chi connectivity index (χ4n) is 2.74. The van der Waals surface area contributed by atoms with Crippen LogP contribution in [-0.2, 0) is 17.8 Å². The molecule has 1 N–H and O–H groups in total. The molecule has 0 saturated carbocycles. The van der Waals surface area contributed by atoms with E-state index in [1.807, 2.05) is 27.9 Å². The number of hydrogen-bond acceptors (Lipinski definition) is 5. The highest BCUT2D eigenvalue weighted by atomic mass is 16.5. The summed E-state index contributed by atoms with van der Waals surface area (Å²) in [7, 11) is 4.02. The number of rotatable bonds is 6. The molecule has 0 unspecified atom stereocenters. The zero-order chi connectivity index (χ0) is 18.7. The number of aromatic nitrogens is 3. The van der Waals surface area contributed by atoms with Crippen molar-refractivity contribution >= 4 is 17.4 Å². The van der Waals surface area contributed by atoms with Crippen molar-refractivity contribution in [3.8, 4) is 0 Å². The SMILES string of the molecule is Cc1noc(C)c1CC(=O)Nc1ccnn1Cc1ccc(N(C)C)cc1. The molecule has 2 heterocycles. The summed E-state index contributed by atoms with van der Waals surface area (Å²) in [5, 5.41) is 11.1. The quantitative estimate of drug-likeness (QED) is 0.737. The highest BCUT2D eigenvalue weighted by Crippen LogP contribution is 2.17. The summed E-state index contributed by atoms with van der Waals surface area (Å²) >= 11 is 0. The number of carbonyl (C=O) groups excluding carboxylic acids is 1. The molecule has 136 valence electrons. The minimum atomic E-state index is -0.121. The van der Waals surface area contributed by atoms with Crippen LogP contribution in [0.3, 0.4) is 0 Å². The summed E-state index contributed by atoms with van der Waals surface area (Å²) in [5.41, 5.74) is 3.82. The average molecular weight is 353 g/mol. The van der Waals surface area contributed by atoms with Crippen molar-refractivity contribution in [2.24, 2.45) is 0 Å². The third-order valence-electron chi connectivity index (χ3n) is 4.29. The lowest BCUT2D eigenvalue weighted by Crippen LogP contribution is -2.18. The van der Waals surface area contributed by atoms with Crippen molar-refractivity contribution in [2.45, 2.75) is 26.8 Å². The van der Waals surface area contributed by atoms with E-state index in [9.17, 15) is 4.79 Å². The normalized spacial score (nSPS) is 10.8. The highest BCUT2D eigenvalue weighted by molar-refractivity contribution is 5.91. The van der Waals surface area contributed by atoms with Crippen LogP contribution in [0.4, 0.5) is 11.5 Å². The van der Waals surface area contributed by atoms with Gasteiger partial charge in [0.05, 0.1) is 24.9 Å². The van der Waals surface area contributed by atoms with Gasteiger partial charge < -0.3 is 14.7 Å². The maximum Gasteiger partial charge on any atom is 0.230 e. The molecule has 26 heavy (non-hydrogen) atoms. The zero-order valence-electron chi connectivity index (χ0n) is 15.5. The van der Waals surface area contributed by atoms with Crippen molar-refractivity contribution in [1.29, 1.82) is 0 Å². The van der Waals surface area contributed by atoms with E-state index in [1.165, 1.54) is 0 Å². The number of anilines is 2. The van der Waals surface area contributed by atoms with Crippen LogP contribution >= 0.6 is 0 Å². The molecule has 0 atom stereocenters. The molecular weight excluding hydrogens is 330 g/mol. The molecule has 1 aromatic carbocycles. The zero-order valence-corrected chi connectivity index (χ0v) is 15.5. The summed E-state index contributed by atoms with van der Waals surface area (Å²) < 4.78 is 6.88. The van der Waals surface area contributed by atoms with E-state index in [4.69, 9.17) is 4.52 Å². The highest BCUT2D eigenvalue weighted by Gasteiger charge is 2.15. The number of aryl methyl sites for hydroxylation is 2. The predicted octanol–water partition coefficient (Wildman–Crippen LogP) is 2.78. The van der Waals surface area contributed by atoms with Crippen molar-refractivity contribution in [3.05, 3.63) is 59.1 Å². The van der Waals surface area contributed by atoms with Gasteiger partial charge in [-0.25, -0.2) is 4.68 Å². The first kappa shape index (κ1) is 17.7. The maximum atomic E-state index is 12.4. The number of amides is 1. The van der Waals surface area contributed by atoms with Gasteiger partial charge in [-0.3, -0.25) is 4.79 Å². The topological polar surface area (TPSA) is 76.2 Å². The number of hydrogen-bond donors (Lipinski definition) is 1. The largest absolute Gasteiger partial charge is 0.378 e. The van der Waals surface area contributed by atoms with Gasteiger partial charge in [0.25, 0.3) is 0 Å². The van der Waals surface area contributed by atoms with Crippen LogP contribution in [0.2, 0.25) is 0 Å². The molecule has 0 saturated heterocycles. The Labute approximate surface area is 152 Å². The van der Waals surface area contributed by atoms with Crippen LogP contribution in [0.25, 0.3) is 0 Å². The molecule has 3 aromatic rings. The summed E-state index contributed by atoms with van der Waals surface area (Å²) in [6.45, 7) is 4.23. The minimum absolute atomic E-state index is 0.121. The van der Waals surface area contributed by atoms with Crippen LogP contribution in [0, 0.1) is 13.8 Å². The van der Waals surface area contributed by atoms with E-state index >= 15 is 0 Å². The number of nitrogens with one attached hydrogen (secondary N) is 1. The van der Waals surface area contributed by atoms with Crippen LogP contribution in [-0.4, -0.2) is 34.9 Å². The molecule has 0 aliphatic rings. The summed E-state index contributed by atoms with van der Waals surface area (Å²) in [5.74, 6) is 1.22. The Morgan fingerprint density at radius 1 is 1.19 bits per heavy atom. The Balaban J connectivity index is 1.67. The van der Waals surface area contributed by atoms with Gasteiger partial charge in [-0.2, -0.15) is 5.10 Å². The molecule has 7 nitrogen and oxygen atoms in total. The van der Waals surface area contributed by atoms with Crippen LogP contribution in [0.5, 0.6) is 0 Å². The van der Waals surface area contributed by atoms with Crippen molar-refractivity contribution in [2.75, 3.05) is 24.3 Å². The molecule has 0 radical (unpaired) electrons. The molecule has 3 rings (SSSR count). The second-order valence-corrected chi connectivity index (χ2v) is 6.46. The Bertz CT molecular complexity index is 874. The first-order valence-corrected chi connectivity index (χ1v) is 8.43. The van der Waals surface area contributed by atoms with E-state index in [0.29, 0.717) is 18.1 Å². The first-order chi connectivity index (χ1) is 12.4. The van der Waals surface area contributed by atoms with Crippen LogP contribution < -0.4 is 10.2 Å². The Kier molecular flexibility index (Phi) is 5.06. The van der Waals surface area contributed by atoms with E-state index in [2.05, 4.69) is 44.7 Å². The predicted molar refractivity (Wildman–Crippen MR) is 100 cm³/mol. The first-order valence-electron chi connectivity index (χ1n) is 8.43. The molecule has 0 bridgehead atoms. The van der Waals surface area contributed by atoms with Gasteiger partial charge in [0.2, 0.25) is 5.91 Å². The molecule has 7 heteroatoms. The standard InChI is InChI=1S/C19H23N5O2/c1-13-17(14(2)26-22-13)11-19(25)21-18-9-10-20-24(18)12-15-5-7-16(8-6-15)23(3)4/h5-10H,11-12H2,1-4H3,(H,21,25). The summed E-state index contributed by atoms with van der Waals surface area (Å²) in [6.07, 6.45) is 1.91. The maximum absolute atomic E-state index is 12.4. The Morgan fingerprint density at radius 2 is 1.92 bits per heavy atom. The lowest BCUT2D eigenvalue weighted by Gasteiger charge is -2.13. The van der Waals surface area contributed by atoms with Gasteiger partial charge in [0.1, 0.15) is 11.6 Å². The third-order valence-corrected chi connectivity index (χ3v) is 4.29. The van der Waals surface area contributed by atoms with Crippen LogP contribution in [0.15, 0.2) is 41.1 Å². The van der Waals surface area contributed by atoms with Gasteiger partial charge in [-0.05, 0) is 31.5 Å². The average Bonchev–Trinajstić information content (AvgIpc) is 3.16. The fourth-order valence-corrected chi connectivity index (χ4v) is 2.74. The molecule has 0 fully saturated rings. The number of nitrogens with zero attached hydrogens (tertiary/aromatic N) is 4. The lowest BCUT2D eigenvalue weighted by molar-refractivity contribution is -0.115. The molecule has 0 spiro atoms. The van der Waals surface area contributed by atoms with E-state index in [1.54, 1.807) is 16.9 Å². The van der Waals surface area contributed by atoms with Gasteiger partial charge in [0, 0.05) is 31.4 Å². The van der Waals surface area contributed by atoms with E-state index in [0.717, 1.165) is 22.5 Å². The fraction of sp³-hybridized carbons (Fsp3) is 0.316. The van der Waals surface area contributed by atoms with Gasteiger partial charge in [-0.1, -0.05) is 17.3 Å². The molecule has 0 aliphatic heterocycles. The van der Waals surface area contributed by atoms with E-state index in [-0.39, 0.29) is 12.3 Å². The van der Waals surface area contributed by atoms with Gasteiger partial charge in [0.15, 0.2) is 0 Å². The van der Waals surface area contributed by atoms with Crippen molar-refractivity contribution in [1.82, 2.24) is 14.9 Å². The third kappa shape index (κ3) is 3.93. The second kappa shape index (κ2) is 7.43. The minimum Gasteiger partial charge on any atom is -0.378 e. The number of carbonyl (C=O) groups is 1. The molecule has 1 amide bonds. The van der Waals surface area contributed by atoms with Gasteiger partial charge >= 0.3 is 0 Å². The van der Waals surface area contributed by atoms with Gasteiger partial charge in [-0.15, -0.1) is 0 Å².